The minimum Gasteiger partial charge on any atom is -0.360 e. The topological polar surface area (TPSA) is 12.5 Å². The van der Waals surface area contributed by atoms with Crippen molar-refractivity contribution in [3.63, 3.8) is 0 Å². The molecule has 2 nitrogen and oxygen atoms in total. The van der Waals surface area contributed by atoms with Crippen molar-refractivity contribution in [2.45, 2.75) is 45.8 Å². The third-order valence-electron chi connectivity index (χ3n) is 2.97. The van der Waals surface area contributed by atoms with Crippen molar-refractivity contribution in [1.82, 2.24) is 4.90 Å². The molecule has 1 fully saturated rings. The first-order chi connectivity index (χ1) is 5.79. The Hall–Kier alpha value is -0.0800. The van der Waals surface area contributed by atoms with E-state index >= 15 is 0 Å². The van der Waals surface area contributed by atoms with Crippen LogP contribution in [0, 0.1) is 0 Å². The smallest absolute Gasteiger partial charge is 0.121 e. The van der Waals surface area contributed by atoms with Gasteiger partial charge in [-0.3, -0.25) is 4.90 Å². The van der Waals surface area contributed by atoms with Crippen LogP contribution in [0.2, 0.25) is 0 Å². The Labute approximate surface area is 75.9 Å². The molecule has 2 heteroatoms. The predicted molar refractivity (Wildman–Crippen MR) is 51.1 cm³/mol. The Morgan fingerprint density at radius 3 is 2.25 bits per heavy atom. The molecule has 0 N–H and O–H groups in total. The molecule has 0 aromatic rings. The largest absolute Gasteiger partial charge is 0.360 e. The summed E-state index contributed by atoms with van der Waals surface area (Å²) in [5.41, 5.74) is 0.0868. The summed E-state index contributed by atoms with van der Waals surface area (Å²) >= 11 is 0. The van der Waals surface area contributed by atoms with Crippen molar-refractivity contribution in [3.8, 4) is 0 Å². The van der Waals surface area contributed by atoms with Gasteiger partial charge in [-0.05, 0) is 32.4 Å². The molecule has 0 aliphatic carbocycles. The van der Waals surface area contributed by atoms with Crippen LogP contribution >= 0.6 is 0 Å². The predicted octanol–water partition coefficient (Wildman–Crippen LogP) is 2.24. The van der Waals surface area contributed by atoms with Gasteiger partial charge in [-0.15, -0.1) is 0 Å². The lowest BCUT2D eigenvalue weighted by atomic mass is 10.0. The molecule has 0 saturated carbocycles. The summed E-state index contributed by atoms with van der Waals surface area (Å²) in [6.07, 6.45) is 3.56. The average Bonchev–Trinajstić information content (AvgIpc) is 2.56. The van der Waals surface area contributed by atoms with Gasteiger partial charge < -0.3 is 4.74 Å². The second-order valence-corrected chi connectivity index (χ2v) is 3.42. The van der Waals surface area contributed by atoms with E-state index in [-0.39, 0.29) is 5.72 Å². The van der Waals surface area contributed by atoms with Gasteiger partial charge in [0.1, 0.15) is 5.72 Å². The van der Waals surface area contributed by atoms with Crippen LogP contribution in [-0.4, -0.2) is 30.3 Å². The summed E-state index contributed by atoms with van der Waals surface area (Å²) in [4.78, 5) is 2.44. The normalized spacial score (nSPS) is 30.0. The summed E-state index contributed by atoms with van der Waals surface area (Å²) < 4.78 is 5.86. The van der Waals surface area contributed by atoms with Crippen LogP contribution in [0.4, 0.5) is 0 Å². The molecule has 0 spiro atoms. The lowest BCUT2D eigenvalue weighted by Gasteiger charge is -2.38. The highest BCUT2D eigenvalue weighted by Gasteiger charge is 2.37. The fraction of sp³-hybridized carbons (Fsp3) is 1.00. The molecule has 0 radical (unpaired) electrons. The van der Waals surface area contributed by atoms with Crippen LogP contribution in [0.25, 0.3) is 0 Å². The minimum atomic E-state index is 0.0868. The zero-order valence-corrected chi connectivity index (χ0v) is 8.60. The fourth-order valence-corrected chi connectivity index (χ4v) is 2.23. The highest BCUT2D eigenvalue weighted by molar-refractivity contribution is 4.83. The van der Waals surface area contributed by atoms with E-state index in [1.807, 2.05) is 0 Å². The molecule has 1 atom stereocenters. The first kappa shape index (κ1) is 10.0. The van der Waals surface area contributed by atoms with Gasteiger partial charge in [0.2, 0.25) is 0 Å². The molecule has 1 unspecified atom stereocenters. The van der Waals surface area contributed by atoms with Gasteiger partial charge in [0, 0.05) is 6.61 Å². The molecule has 72 valence electrons. The Bertz CT molecular complexity index is 126. The zero-order valence-electron chi connectivity index (χ0n) is 8.60. The van der Waals surface area contributed by atoms with Crippen LogP contribution in [-0.2, 0) is 4.74 Å². The van der Waals surface area contributed by atoms with E-state index in [0.717, 1.165) is 26.1 Å². The number of hydrogen-bond acceptors (Lipinski definition) is 2. The van der Waals surface area contributed by atoms with Gasteiger partial charge in [-0.25, -0.2) is 0 Å². The van der Waals surface area contributed by atoms with Crippen LogP contribution < -0.4 is 0 Å². The van der Waals surface area contributed by atoms with Crippen molar-refractivity contribution in [2.75, 3.05) is 19.7 Å². The Balaban J connectivity index is 2.63. The highest BCUT2D eigenvalue weighted by Crippen LogP contribution is 2.32. The van der Waals surface area contributed by atoms with E-state index in [0.29, 0.717) is 0 Å². The standard InChI is InChI=1S/C10H21NO/c1-4-10(8-7-9-12-10)11(5-2)6-3/h4-9H2,1-3H3. The molecular weight excluding hydrogens is 150 g/mol. The SMILES string of the molecule is CCN(CC)C1(CC)CCCO1. The number of nitrogens with zero attached hydrogens (tertiary/aromatic N) is 1. The third kappa shape index (κ3) is 1.64. The first-order valence-corrected chi connectivity index (χ1v) is 5.18. The highest BCUT2D eigenvalue weighted by atomic mass is 16.5. The van der Waals surface area contributed by atoms with Gasteiger partial charge >= 0.3 is 0 Å². The first-order valence-electron chi connectivity index (χ1n) is 5.18. The second kappa shape index (κ2) is 4.24. The van der Waals surface area contributed by atoms with Gasteiger partial charge in [-0.1, -0.05) is 20.8 Å². The average molecular weight is 171 g/mol. The molecular formula is C10H21NO. The molecule has 1 heterocycles. The molecule has 0 amide bonds. The zero-order chi connectivity index (χ0) is 9.03. The van der Waals surface area contributed by atoms with Gasteiger partial charge in [0.15, 0.2) is 0 Å². The molecule has 0 aromatic carbocycles. The van der Waals surface area contributed by atoms with Crippen molar-refractivity contribution < 1.29 is 4.74 Å². The molecule has 0 aromatic heterocycles. The molecule has 12 heavy (non-hydrogen) atoms. The molecule has 1 aliphatic rings. The van der Waals surface area contributed by atoms with Crippen LogP contribution in [0.3, 0.4) is 0 Å². The quantitative estimate of drug-likeness (QED) is 0.643. The maximum atomic E-state index is 5.86. The molecule has 1 aliphatic heterocycles. The van der Waals surface area contributed by atoms with Gasteiger partial charge in [0.25, 0.3) is 0 Å². The van der Waals surface area contributed by atoms with Crippen molar-refractivity contribution in [2.24, 2.45) is 0 Å². The van der Waals surface area contributed by atoms with Gasteiger partial charge in [-0.2, -0.15) is 0 Å². The maximum Gasteiger partial charge on any atom is 0.121 e. The molecule has 1 rings (SSSR count). The molecule has 0 bridgehead atoms. The summed E-state index contributed by atoms with van der Waals surface area (Å²) in [7, 11) is 0. The third-order valence-corrected chi connectivity index (χ3v) is 2.97. The fourth-order valence-electron chi connectivity index (χ4n) is 2.23. The van der Waals surface area contributed by atoms with Crippen molar-refractivity contribution in [3.05, 3.63) is 0 Å². The Kier molecular flexibility index (Phi) is 3.53. The number of ether oxygens (including phenoxy) is 1. The number of hydrogen-bond donors (Lipinski definition) is 0. The van der Waals surface area contributed by atoms with Crippen molar-refractivity contribution in [1.29, 1.82) is 0 Å². The Morgan fingerprint density at radius 1 is 1.25 bits per heavy atom. The van der Waals surface area contributed by atoms with E-state index in [2.05, 4.69) is 25.7 Å². The minimum absolute atomic E-state index is 0.0868. The van der Waals surface area contributed by atoms with E-state index in [1.54, 1.807) is 0 Å². The summed E-state index contributed by atoms with van der Waals surface area (Å²) in [5, 5.41) is 0. The van der Waals surface area contributed by atoms with E-state index in [1.165, 1.54) is 12.8 Å². The molecule has 1 saturated heterocycles. The van der Waals surface area contributed by atoms with E-state index in [9.17, 15) is 0 Å². The van der Waals surface area contributed by atoms with E-state index < -0.39 is 0 Å². The van der Waals surface area contributed by atoms with Crippen LogP contribution in [0.5, 0.6) is 0 Å². The van der Waals surface area contributed by atoms with Crippen molar-refractivity contribution >= 4 is 0 Å². The van der Waals surface area contributed by atoms with E-state index in [4.69, 9.17) is 4.74 Å². The maximum absolute atomic E-state index is 5.86. The summed E-state index contributed by atoms with van der Waals surface area (Å²) in [6.45, 7) is 9.80. The van der Waals surface area contributed by atoms with Gasteiger partial charge in [0.05, 0.1) is 0 Å². The lowest BCUT2D eigenvalue weighted by molar-refractivity contribution is -0.121. The monoisotopic (exact) mass is 171 g/mol. The lowest BCUT2D eigenvalue weighted by Crippen LogP contribution is -2.47. The van der Waals surface area contributed by atoms with Crippen LogP contribution in [0.1, 0.15) is 40.0 Å². The summed E-state index contributed by atoms with van der Waals surface area (Å²) in [6, 6.07) is 0. The number of rotatable bonds is 4. The summed E-state index contributed by atoms with van der Waals surface area (Å²) in [5.74, 6) is 0. The van der Waals surface area contributed by atoms with Crippen LogP contribution in [0.15, 0.2) is 0 Å². The second-order valence-electron chi connectivity index (χ2n) is 3.42. The Morgan fingerprint density at radius 2 is 1.92 bits per heavy atom.